The first-order chi connectivity index (χ1) is 12.4. The Labute approximate surface area is 159 Å². The van der Waals surface area contributed by atoms with Gasteiger partial charge in [-0.2, -0.15) is 0 Å². The van der Waals surface area contributed by atoms with Gasteiger partial charge in [-0.25, -0.2) is 4.79 Å². The molecule has 6 heteroatoms. The summed E-state index contributed by atoms with van der Waals surface area (Å²) in [4.78, 5) is 35.7. The summed E-state index contributed by atoms with van der Waals surface area (Å²) in [7, 11) is 0. The lowest BCUT2D eigenvalue weighted by Gasteiger charge is -2.06. The van der Waals surface area contributed by atoms with Gasteiger partial charge in [0.15, 0.2) is 12.4 Å². The number of halogens is 1. The lowest BCUT2D eigenvalue weighted by atomic mass is 9.99. The number of fused-ring (bicyclic) bond motifs is 1. The van der Waals surface area contributed by atoms with Gasteiger partial charge in [-0.15, -0.1) is 0 Å². The maximum Gasteiger partial charge on any atom is 0.331 e. The first-order valence-electron chi connectivity index (χ1n) is 8.02. The van der Waals surface area contributed by atoms with E-state index in [1.165, 1.54) is 6.08 Å². The van der Waals surface area contributed by atoms with E-state index in [1.807, 2.05) is 24.3 Å². The molecule has 1 N–H and O–H groups in total. The van der Waals surface area contributed by atoms with E-state index in [2.05, 4.69) is 21.2 Å². The summed E-state index contributed by atoms with van der Waals surface area (Å²) in [6.07, 6.45) is 2.90. The van der Waals surface area contributed by atoms with Gasteiger partial charge in [0.1, 0.15) is 0 Å². The van der Waals surface area contributed by atoms with Crippen LogP contribution in [0.5, 0.6) is 0 Å². The molecule has 1 aliphatic heterocycles. The summed E-state index contributed by atoms with van der Waals surface area (Å²) in [6, 6.07) is 12.4. The molecule has 0 unspecified atom stereocenters. The zero-order valence-electron chi connectivity index (χ0n) is 14.0. The Kier molecular flexibility index (Phi) is 5.32. The maximum atomic E-state index is 12.2. The second-order valence-electron chi connectivity index (χ2n) is 5.93. The number of carbonyl (C=O) groups excluding carboxylic acids is 3. The zero-order chi connectivity index (χ0) is 18.7. The molecule has 1 heterocycles. The molecule has 0 spiro atoms. The summed E-state index contributed by atoms with van der Waals surface area (Å²) in [5.74, 6) is -1.30. The Bertz CT molecular complexity index is 920. The normalized spacial score (nSPS) is 15.6. The van der Waals surface area contributed by atoms with Crippen LogP contribution in [0.15, 0.2) is 53.0 Å². The largest absolute Gasteiger partial charge is 0.454 e. The molecule has 132 valence electrons. The number of ketones is 1. The molecule has 26 heavy (non-hydrogen) atoms. The number of Topliss-reactive ketones (excluding diaryl/α,β-unsaturated/α-hetero) is 1. The molecule has 0 aliphatic carbocycles. The third-order valence-corrected chi connectivity index (χ3v) is 4.59. The van der Waals surface area contributed by atoms with E-state index < -0.39 is 5.97 Å². The van der Waals surface area contributed by atoms with Crippen LogP contribution in [0.3, 0.4) is 0 Å². The molecule has 2 aromatic carbocycles. The van der Waals surface area contributed by atoms with Crippen LogP contribution >= 0.6 is 15.9 Å². The second kappa shape index (κ2) is 7.66. The standard InChI is InChI=1S/C20H16BrNO4/c1-12-16-10-14(6-7-17(16)22-20(12)25)18(23)11-26-19(24)8-5-13-3-2-4-15(21)9-13/h2-10,12H,11H2,1H3,(H,22,25)/b8-5+/t12-/m0/s1. The van der Waals surface area contributed by atoms with Crippen LogP contribution in [0.2, 0.25) is 0 Å². The van der Waals surface area contributed by atoms with Crippen molar-refractivity contribution in [2.45, 2.75) is 12.8 Å². The maximum absolute atomic E-state index is 12.2. The molecule has 0 aromatic heterocycles. The highest BCUT2D eigenvalue weighted by Gasteiger charge is 2.27. The first kappa shape index (κ1) is 18.1. The van der Waals surface area contributed by atoms with Crippen LogP contribution in [-0.2, 0) is 14.3 Å². The van der Waals surface area contributed by atoms with Crippen molar-refractivity contribution < 1.29 is 19.1 Å². The smallest absolute Gasteiger partial charge is 0.331 e. The molecule has 0 radical (unpaired) electrons. The van der Waals surface area contributed by atoms with Crippen molar-refractivity contribution in [1.82, 2.24) is 0 Å². The molecule has 0 saturated carbocycles. The Morgan fingerprint density at radius 3 is 2.81 bits per heavy atom. The summed E-state index contributed by atoms with van der Waals surface area (Å²) in [5.41, 5.74) is 2.75. The number of carbonyl (C=O) groups is 3. The van der Waals surface area contributed by atoms with E-state index >= 15 is 0 Å². The number of benzene rings is 2. The Morgan fingerprint density at radius 1 is 1.23 bits per heavy atom. The zero-order valence-corrected chi connectivity index (χ0v) is 15.6. The monoisotopic (exact) mass is 413 g/mol. The minimum absolute atomic E-state index is 0.0892. The third-order valence-electron chi connectivity index (χ3n) is 4.10. The topological polar surface area (TPSA) is 72.5 Å². The van der Waals surface area contributed by atoms with Crippen molar-refractivity contribution in [3.63, 3.8) is 0 Å². The number of anilines is 1. The number of ether oxygens (including phenoxy) is 1. The predicted molar refractivity (Wildman–Crippen MR) is 102 cm³/mol. The summed E-state index contributed by atoms with van der Waals surface area (Å²) in [6.45, 7) is 1.43. The SMILES string of the molecule is C[C@@H]1C(=O)Nc2ccc(C(=O)COC(=O)/C=C/c3cccc(Br)c3)cc21. The molecular weight excluding hydrogens is 398 g/mol. The fraction of sp³-hybridized carbons (Fsp3) is 0.150. The van der Waals surface area contributed by atoms with Gasteiger partial charge >= 0.3 is 5.97 Å². The van der Waals surface area contributed by atoms with Crippen LogP contribution in [0.1, 0.15) is 34.3 Å². The van der Waals surface area contributed by atoms with Crippen molar-refractivity contribution >= 4 is 45.4 Å². The molecule has 0 bridgehead atoms. The van der Waals surface area contributed by atoms with E-state index in [-0.39, 0.29) is 24.2 Å². The molecule has 5 nitrogen and oxygen atoms in total. The van der Waals surface area contributed by atoms with Crippen molar-refractivity contribution in [3.8, 4) is 0 Å². The minimum Gasteiger partial charge on any atom is -0.454 e. The molecule has 1 atom stereocenters. The highest BCUT2D eigenvalue weighted by molar-refractivity contribution is 9.10. The van der Waals surface area contributed by atoms with Gasteiger partial charge in [0.05, 0.1) is 5.92 Å². The van der Waals surface area contributed by atoms with Crippen LogP contribution in [0, 0.1) is 0 Å². The predicted octanol–water partition coefficient (Wildman–Crippen LogP) is 3.94. The number of nitrogens with one attached hydrogen (secondary N) is 1. The number of hydrogen-bond acceptors (Lipinski definition) is 4. The fourth-order valence-electron chi connectivity index (χ4n) is 2.63. The van der Waals surface area contributed by atoms with Crippen LogP contribution < -0.4 is 5.32 Å². The van der Waals surface area contributed by atoms with Gasteiger partial charge in [-0.05, 0) is 54.5 Å². The second-order valence-corrected chi connectivity index (χ2v) is 6.85. The van der Waals surface area contributed by atoms with Gasteiger partial charge in [0.2, 0.25) is 5.91 Å². The molecular formula is C20H16BrNO4. The number of hydrogen-bond donors (Lipinski definition) is 1. The van der Waals surface area contributed by atoms with Gasteiger partial charge in [-0.1, -0.05) is 28.1 Å². The van der Waals surface area contributed by atoms with Crippen molar-refractivity contribution in [2.24, 2.45) is 0 Å². The van der Waals surface area contributed by atoms with Gasteiger partial charge in [0, 0.05) is 21.8 Å². The van der Waals surface area contributed by atoms with E-state index in [4.69, 9.17) is 4.74 Å². The van der Waals surface area contributed by atoms with Crippen molar-refractivity contribution in [3.05, 3.63) is 69.7 Å². The average Bonchev–Trinajstić information content (AvgIpc) is 2.91. The summed E-state index contributed by atoms with van der Waals surface area (Å²) < 4.78 is 5.91. The highest BCUT2D eigenvalue weighted by atomic mass is 79.9. The minimum atomic E-state index is -0.593. The molecule has 2 aromatic rings. The van der Waals surface area contributed by atoms with E-state index in [9.17, 15) is 14.4 Å². The first-order valence-corrected chi connectivity index (χ1v) is 8.82. The van der Waals surface area contributed by atoms with E-state index in [1.54, 1.807) is 31.2 Å². The number of rotatable bonds is 5. The Morgan fingerprint density at radius 2 is 2.04 bits per heavy atom. The molecule has 3 rings (SSSR count). The third kappa shape index (κ3) is 4.08. The van der Waals surface area contributed by atoms with E-state index in [0.29, 0.717) is 11.3 Å². The summed E-state index contributed by atoms with van der Waals surface area (Å²) >= 11 is 3.35. The fourth-order valence-corrected chi connectivity index (χ4v) is 3.05. The average molecular weight is 414 g/mol. The lowest BCUT2D eigenvalue weighted by Crippen LogP contribution is -2.13. The van der Waals surface area contributed by atoms with E-state index in [0.717, 1.165) is 15.6 Å². The molecule has 1 amide bonds. The van der Waals surface area contributed by atoms with Crippen LogP contribution in [-0.4, -0.2) is 24.3 Å². The summed E-state index contributed by atoms with van der Waals surface area (Å²) in [5, 5.41) is 2.75. The molecule has 0 saturated heterocycles. The number of esters is 1. The lowest BCUT2D eigenvalue weighted by molar-refractivity contribution is -0.136. The van der Waals surface area contributed by atoms with Crippen molar-refractivity contribution in [2.75, 3.05) is 11.9 Å². The van der Waals surface area contributed by atoms with Crippen LogP contribution in [0.25, 0.3) is 6.08 Å². The quantitative estimate of drug-likeness (QED) is 0.457. The molecule has 1 aliphatic rings. The van der Waals surface area contributed by atoms with Gasteiger partial charge in [0.25, 0.3) is 0 Å². The molecule has 0 fully saturated rings. The van der Waals surface area contributed by atoms with Gasteiger partial charge < -0.3 is 10.1 Å². The Balaban J connectivity index is 1.59. The highest BCUT2D eigenvalue weighted by Crippen LogP contribution is 2.32. The van der Waals surface area contributed by atoms with Gasteiger partial charge in [-0.3, -0.25) is 9.59 Å². The van der Waals surface area contributed by atoms with Crippen LogP contribution in [0.4, 0.5) is 5.69 Å². The van der Waals surface area contributed by atoms with Crippen molar-refractivity contribution in [1.29, 1.82) is 0 Å². The Hall–Kier alpha value is -2.73. The number of amides is 1.